The summed E-state index contributed by atoms with van der Waals surface area (Å²) in [6.45, 7) is 4.89. The van der Waals surface area contributed by atoms with Gasteiger partial charge in [0, 0.05) is 43.1 Å². The van der Waals surface area contributed by atoms with Crippen molar-refractivity contribution in [3.8, 4) is 5.75 Å². The van der Waals surface area contributed by atoms with Crippen LogP contribution in [0.1, 0.15) is 53.8 Å². The van der Waals surface area contributed by atoms with E-state index in [0.717, 1.165) is 6.42 Å². The van der Waals surface area contributed by atoms with Crippen LogP contribution in [0.3, 0.4) is 0 Å². The number of likely N-dealkylation sites (tertiary alicyclic amines) is 1. The molecule has 0 unspecified atom stereocenters. The number of rotatable bonds is 6. The monoisotopic (exact) mass is 479 g/mol. The fourth-order valence-electron chi connectivity index (χ4n) is 4.73. The van der Waals surface area contributed by atoms with Gasteiger partial charge in [-0.05, 0) is 43.7 Å². The van der Waals surface area contributed by atoms with Crippen molar-refractivity contribution in [1.82, 2.24) is 15.1 Å². The average molecular weight is 480 g/mol. The third-order valence-electron chi connectivity index (χ3n) is 6.95. The first kappa shape index (κ1) is 24.7. The van der Waals surface area contributed by atoms with Crippen molar-refractivity contribution >= 4 is 17.7 Å². The van der Waals surface area contributed by atoms with Crippen LogP contribution < -0.4 is 10.1 Å². The number of carbonyl (C=O) groups excluding carboxylic acids is 3. The maximum atomic E-state index is 13.7. The van der Waals surface area contributed by atoms with E-state index in [9.17, 15) is 14.4 Å². The van der Waals surface area contributed by atoms with E-state index in [-0.39, 0.29) is 30.4 Å². The third kappa shape index (κ3) is 5.03. The number of benzene rings is 2. The molecule has 2 heterocycles. The second-order valence-corrected chi connectivity index (χ2v) is 9.16. The van der Waals surface area contributed by atoms with Crippen molar-refractivity contribution in [2.24, 2.45) is 0 Å². The molecule has 0 radical (unpaired) electrons. The Morgan fingerprint density at radius 2 is 1.74 bits per heavy atom. The molecular formula is C27H33N3O5. The summed E-state index contributed by atoms with van der Waals surface area (Å²) >= 11 is 0. The molecule has 35 heavy (non-hydrogen) atoms. The van der Waals surface area contributed by atoms with Gasteiger partial charge in [0.2, 0.25) is 5.91 Å². The maximum Gasteiger partial charge on any atom is 0.256 e. The topological polar surface area (TPSA) is 88.2 Å². The molecule has 8 heteroatoms. The predicted molar refractivity (Wildman–Crippen MR) is 131 cm³/mol. The van der Waals surface area contributed by atoms with Gasteiger partial charge in [-0.2, -0.15) is 0 Å². The first-order valence-electron chi connectivity index (χ1n) is 12.1. The Bertz CT molecular complexity index is 1070. The van der Waals surface area contributed by atoms with Crippen molar-refractivity contribution in [3.63, 3.8) is 0 Å². The van der Waals surface area contributed by atoms with Crippen LogP contribution in [0.2, 0.25) is 0 Å². The predicted octanol–water partition coefficient (Wildman–Crippen LogP) is 3.08. The first-order valence-corrected chi connectivity index (χ1v) is 12.1. The zero-order chi connectivity index (χ0) is 25.0. The van der Waals surface area contributed by atoms with Gasteiger partial charge in [0.25, 0.3) is 11.8 Å². The Morgan fingerprint density at radius 3 is 2.40 bits per heavy atom. The van der Waals surface area contributed by atoms with E-state index >= 15 is 0 Å². The van der Waals surface area contributed by atoms with E-state index in [1.165, 1.54) is 0 Å². The van der Waals surface area contributed by atoms with E-state index < -0.39 is 11.8 Å². The lowest BCUT2D eigenvalue weighted by molar-refractivity contribution is -0.128. The summed E-state index contributed by atoms with van der Waals surface area (Å²) in [5.74, 6) is 0.0809. The van der Waals surface area contributed by atoms with Gasteiger partial charge >= 0.3 is 0 Å². The normalized spacial score (nSPS) is 19.9. The van der Waals surface area contributed by atoms with Crippen LogP contribution in [-0.2, 0) is 9.53 Å². The largest absolute Gasteiger partial charge is 0.497 e. The second-order valence-electron chi connectivity index (χ2n) is 9.16. The molecule has 2 aliphatic rings. The molecule has 0 aromatic heterocycles. The number of nitrogens with one attached hydrogen (secondary N) is 1. The number of carbonyl (C=O) groups is 3. The number of methoxy groups -OCH3 is 1. The molecule has 3 amide bonds. The van der Waals surface area contributed by atoms with Crippen LogP contribution in [0.15, 0.2) is 54.6 Å². The molecule has 2 atom stereocenters. The van der Waals surface area contributed by atoms with Crippen LogP contribution in [0.25, 0.3) is 0 Å². The molecule has 1 spiro atoms. The fraction of sp³-hybridized carbons (Fsp3) is 0.444. The lowest BCUT2D eigenvalue weighted by atomic mass is 9.96. The highest BCUT2D eigenvalue weighted by Gasteiger charge is 2.54. The second kappa shape index (κ2) is 10.5. The van der Waals surface area contributed by atoms with Crippen LogP contribution in [0, 0.1) is 0 Å². The zero-order valence-electron chi connectivity index (χ0n) is 20.5. The summed E-state index contributed by atoms with van der Waals surface area (Å²) in [5.41, 5.74) is 0.125. The van der Waals surface area contributed by atoms with Crippen molar-refractivity contribution in [3.05, 3.63) is 65.7 Å². The van der Waals surface area contributed by atoms with Gasteiger partial charge < -0.3 is 19.7 Å². The summed E-state index contributed by atoms with van der Waals surface area (Å²) in [7, 11) is 1.57. The molecule has 0 aliphatic carbocycles. The van der Waals surface area contributed by atoms with E-state index in [1.807, 2.05) is 19.9 Å². The number of ether oxygens (including phenoxy) is 2. The van der Waals surface area contributed by atoms with Crippen molar-refractivity contribution in [2.75, 3.05) is 26.8 Å². The van der Waals surface area contributed by atoms with Crippen molar-refractivity contribution in [1.29, 1.82) is 0 Å². The fourth-order valence-corrected chi connectivity index (χ4v) is 4.73. The molecule has 2 aromatic rings. The average Bonchev–Trinajstić information content (AvgIpc) is 3.27. The Labute approximate surface area is 206 Å². The summed E-state index contributed by atoms with van der Waals surface area (Å²) in [6, 6.07) is 15.3. The summed E-state index contributed by atoms with van der Waals surface area (Å²) in [5, 5.41) is 3.00. The number of hydrogen-bond donors (Lipinski definition) is 1. The highest BCUT2D eigenvalue weighted by atomic mass is 16.5. The number of amides is 3. The minimum atomic E-state index is -0.935. The van der Waals surface area contributed by atoms with Gasteiger partial charge in [0.15, 0.2) is 0 Å². The Morgan fingerprint density at radius 1 is 1.06 bits per heavy atom. The van der Waals surface area contributed by atoms with E-state index in [2.05, 4.69) is 5.32 Å². The van der Waals surface area contributed by atoms with Crippen molar-refractivity contribution < 1.29 is 23.9 Å². The van der Waals surface area contributed by atoms with Gasteiger partial charge in [0.1, 0.15) is 17.5 Å². The molecular weight excluding hydrogens is 446 g/mol. The van der Waals surface area contributed by atoms with Crippen LogP contribution in [-0.4, -0.2) is 72.1 Å². The molecule has 186 valence electrons. The lowest BCUT2D eigenvalue weighted by Gasteiger charge is -2.44. The quantitative estimate of drug-likeness (QED) is 0.688. The van der Waals surface area contributed by atoms with Gasteiger partial charge in [-0.15, -0.1) is 0 Å². The number of nitrogens with zero attached hydrogens (tertiary/aromatic N) is 2. The van der Waals surface area contributed by atoms with Crippen LogP contribution >= 0.6 is 0 Å². The SMILES string of the molecule is CC[C@H](C)NC(=O)[C@H]1COC2(CCN(C(=O)c3cccc(OC)c3)CC2)N1C(=O)c1ccccc1. The Kier molecular flexibility index (Phi) is 7.40. The van der Waals surface area contributed by atoms with Gasteiger partial charge in [-0.3, -0.25) is 19.3 Å². The molecule has 0 saturated carbocycles. The summed E-state index contributed by atoms with van der Waals surface area (Å²) in [6.07, 6.45) is 1.64. The summed E-state index contributed by atoms with van der Waals surface area (Å²) in [4.78, 5) is 43.3. The van der Waals surface area contributed by atoms with Gasteiger partial charge in [0.05, 0.1) is 13.7 Å². The molecule has 2 aliphatic heterocycles. The zero-order valence-corrected chi connectivity index (χ0v) is 20.5. The highest BCUT2D eigenvalue weighted by molar-refractivity contribution is 5.98. The van der Waals surface area contributed by atoms with Gasteiger partial charge in [-0.1, -0.05) is 31.2 Å². The number of hydrogen-bond acceptors (Lipinski definition) is 5. The van der Waals surface area contributed by atoms with E-state index in [0.29, 0.717) is 42.8 Å². The molecule has 2 fully saturated rings. The molecule has 0 bridgehead atoms. The van der Waals surface area contributed by atoms with Crippen LogP contribution in [0.5, 0.6) is 5.75 Å². The van der Waals surface area contributed by atoms with E-state index in [4.69, 9.17) is 9.47 Å². The summed E-state index contributed by atoms with van der Waals surface area (Å²) < 4.78 is 11.5. The standard InChI is InChI=1S/C27H33N3O5/c1-4-19(2)28-24(31)23-18-35-27(30(23)26(33)20-9-6-5-7-10-20)13-15-29(16-14-27)25(32)21-11-8-12-22(17-21)34-3/h5-12,17,19,23H,4,13-16,18H2,1-3H3,(H,28,31)/t19-,23+/m0/s1. The molecule has 4 rings (SSSR count). The highest BCUT2D eigenvalue weighted by Crippen LogP contribution is 2.39. The molecule has 8 nitrogen and oxygen atoms in total. The molecule has 2 saturated heterocycles. The number of piperidine rings is 1. The lowest BCUT2D eigenvalue weighted by Crippen LogP contribution is -2.60. The third-order valence-corrected chi connectivity index (χ3v) is 6.95. The Hall–Kier alpha value is -3.39. The van der Waals surface area contributed by atoms with E-state index in [1.54, 1.807) is 65.4 Å². The molecule has 2 aromatic carbocycles. The van der Waals surface area contributed by atoms with Crippen LogP contribution in [0.4, 0.5) is 0 Å². The molecule has 1 N–H and O–H groups in total. The minimum absolute atomic E-state index is 0.00457. The smallest absolute Gasteiger partial charge is 0.256 e. The Balaban J connectivity index is 1.55. The minimum Gasteiger partial charge on any atom is -0.497 e. The van der Waals surface area contributed by atoms with Gasteiger partial charge in [-0.25, -0.2) is 0 Å². The first-order chi connectivity index (χ1) is 16.9. The maximum absolute atomic E-state index is 13.7. The van der Waals surface area contributed by atoms with Crippen molar-refractivity contribution in [2.45, 2.75) is 50.9 Å².